The van der Waals surface area contributed by atoms with Crippen molar-refractivity contribution < 1.29 is 14.3 Å². The summed E-state index contributed by atoms with van der Waals surface area (Å²) in [6.07, 6.45) is 0.134. The molecule has 0 saturated carbocycles. The van der Waals surface area contributed by atoms with Crippen molar-refractivity contribution in [3.63, 3.8) is 0 Å². The molecular formula is C15H14FNO2. The van der Waals surface area contributed by atoms with Gasteiger partial charge >= 0.3 is 0 Å². The molecule has 19 heavy (non-hydrogen) atoms. The van der Waals surface area contributed by atoms with Crippen molar-refractivity contribution in [2.24, 2.45) is 0 Å². The molecule has 0 spiro atoms. The quantitative estimate of drug-likeness (QED) is 0.920. The summed E-state index contributed by atoms with van der Waals surface area (Å²) >= 11 is 0. The molecule has 4 heteroatoms. The summed E-state index contributed by atoms with van der Waals surface area (Å²) in [6.45, 7) is 0. The van der Waals surface area contributed by atoms with Crippen LogP contribution in [-0.4, -0.2) is 18.1 Å². The fourth-order valence-electron chi connectivity index (χ4n) is 1.76. The van der Waals surface area contributed by atoms with Gasteiger partial charge in [-0.1, -0.05) is 12.1 Å². The van der Waals surface area contributed by atoms with Crippen LogP contribution in [0.25, 0.3) is 0 Å². The van der Waals surface area contributed by atoms with Gasteiger partial charge in [-0.3, -0.25) is 4.79 Å². The number of rotatable bonds is 3. The lowest BCUT2D eigenvalue weighted by Crippen LogP contribution is -2.27. The number of benzene rings is 2. The average molecular weight is 259 g/mol. The van der Waals surface area contributed by atoms with Crippen molar-refractivity contribution in [2.75, 3.05) is 11.9 Å². The molecule has 1 amide bonds. The molecule has 98 valence electrons. The largest absolute Gasteiger partial charge is 0.508 e. The lowest BCUT2D eigenvalue weighted by Gasteiger charge is -2.17. The zero-order valence-electron chi connectivity index (χ0n) is 10.5. The zero-order chi connectivity index (χ0) is 13.8. The van der Waals surface area contributed by atoms with Crippen LogP contribution >= 0.6 is 0 Å². The van der Waals surface area contributed by atoms with E-state index < -0.39 is 0 Å². The molecular weight excluding hydrogens is 245 g/mol. The highest BCUT2D eigenvalue weighted by Crippen LogP contribution is 2.18. The van der Waals surface area contributed by atoms with Crippen LogP contribution in [0.1, 0.15) is 5.56 Å². The van der Waals surface area contributed by atoms with E-state index in [9.17, 15) is 14.3 Å². The molecule has 2 aromatic carbocycles. The van der Waals surface area contributed by atoms with Crippen LogP contribution in [0.15, 0.2) is 48.5 Å². The van der Waals surface area contributed by atoms with Gasteiger partial charge in [0.05, 0.1) is 6.42 Å². The fraction of sp³-hybridized carbons (Fsp3) is 0.133. The summed E-state index contributed by atoms with van der Waals surface area (Å²) in [6, 6.07) is 12.3. The van der Waals surface area contributed by atoms with Crippen LogP contribution < -0.4 is 4.90 Å². The van der Waals surface area contributed by atoms with Gasteiger partial charge in [0, 0.05) is 12.7 Å². The molecule has 2 rings (SSSR count). The standard InChI is InChI=1S/C15H14FNO2/c1-17(13-5-7-14(18)8-6-13)15(19)10-11-3-2-4-12(16)9-11/h2-9,18H,10H2,1H3. The first-order chi connectivity index (χ1) is 9.06. The maximum atomic E-state index is 13.0. The highest BCUT2D eigenvalue weighted by atomic mass is 19.1. The minimum atomic E-state index is -0.349. The van der Waals surface area contributed by atoms with Gasteiger partial charge in [0.2, 0.25) is 5.91 Å². The minimum Gasteiger partial charge on any atom is -0.508 e. The molecule has 0 aliphatic carbocycles. The van der Waals surface area contributed by atoms with Crippen molar-refractivity contribution >= 4 is 11.6 Å². The van der Waals surface area contributed by atoms with E-state index in [2.05, 4.69) is 0 Å². The number of amides is 1. The molecule has 0 atom stereocenters. The monoisotopic (exact) mass is 259 g/mol. The van der Waals surface area contributed by atoms with Crippen molar-refractivity contribution in [1.29, 1.82) is 0 Å². The van der Waals surface area contributed by atoms with E-state index in [1.54, 1.807) is 31.3 Å². The van der Waals surface area contributed by atoms with Gasteiger partial charge in [0.15, 0.2) is 0 Å². The van der Waals surface area contributed by atoms with E-state index >= 15 is 0 Å². The molecule has 0 aliphatic rings. The van der Waals surface area contributed by atoms with Crippen LogP contribution in [0.3, 0.4) is 0 Å². The Hall–Kier alpha value is -2.36. The third-order valence-electron chi connectivity index (χ3n) is 2.86. The Labute approximate surface area is 110 Å². The van der Waals surface area contributed by atoms with E-state index in [4.69, 9.17) is 0 Å². The maximum absolute atomic E-state index is 13.0. The van der Waals surface area contributed by atoms with Crippen LogP contribution in [0.5, 0.6) is 5.75 Å². The lowest BCUT2D eigenvalue weighted by molar-refractivity contribution is -0.117. The average Bonchev–Trinajstić information content (AvgIpc) is 2.39. The molecule has 0 bridgehead atoms. The molecule has 1 N–H and O–H groups in total. The van der Waals surface area contributed by atoms with Gasteiger partial charge in [0.1, 0.15) is 11.6 Å². The maximum Gasteiger partial charge on any atom is 0.231 e. The van der Waals surface area contributed by atoms with Crippen LogP contribution in [-0.2, 0) is 11.2 Å². The number of phenolic OH excluding ortho intramolecular Hbond substituents is 1. The Balaban J connectivity index is 2.09. The number of hydrogen-bond donors (Lipinski definition) is 1. The summed E-state index contributed by atoms with van der Waals surface area (Å²) in [7, 11) is 1.65. The van der Waals surface area contributed by atoms with Gasteiger partial charge in [-0.15, -0.1) is 0 Å². The predicted molar refractivity (Wildman–Crippen MR) is 71.6 cm³/mol. The van der Waals surface area contributed by atoms with E-state index in [0.717, 1.165) is 0 Å². The minimum absolute atomic E-state index is 0.134. The topological polar surface area (TPSA) is 40.5 Å². The number of nitrogens with zero attached hydrogens (tertiary/aromatic N) is 1. The summed E-state index contributed by atoms with van der Waals surface area (Å²) in [4.78, 5) is 13.5. The first kappa shape index (κ1) is 13.1. The number of phenols is 1. The molecule has 0 aromatic heterocycles. The Morgan fingerprint density at radius 2 is 1.89 bits per heavy atom. The van der Waals surface area contributed by atoms with Crippen molar-refractivity contribution in [2.45, 2.75) is 6.42 Å². The van der Waals surface area contributed by atoms with E-state index in [0.29, 0.717) is 11.3 Å². The fourth-order valence-corrected chi connectivity index (χ4v) is 1.76. The predicted octanol–water partition coefficient (Wildman–Crippen LogP) is 2.74. The first-order valence-corrected chi connectivity index (χ1v) is 5.86. The molecule has 0 unspecified atom stereocenters. The van der Waals surface area contributed by atoms with Crippen LogP contribution in [0.4, 0.5) is 10.1 Å². The summed E-state index contributed by atoms with van der Waals surface area (Å²) in [5.41, 5.74) is 1.31. The molecule has 3 nitrogen and oxygen atoms in total. The Kier molecular flexibility index (Phi) is 3.80. The van der Waals surface area contributed by atoms with E-state index in [1.165, 1.54) is 29.2 Å². The molecule has 0 aliphatic heterocycles. The summed E-state index contributed by atoms with van der Waals surface area (Å²) in [5, 5.41) is 9.20. The van der Waals surface area contributed by atoms with Gasteiger partial charge in [-0.25, -0.2) is 4.39 Å². The third-order valence-corrected chi connectivity index (χ3v) is 2.86. The van der Waals surface area contributed by atoms with Crippen molar-refractivity contribution in [3.8, 4) is 5.75 Å². The number of halogens is 1. The zero-order valence-corrected chi connectivity index (χ0v) is 10.5. The van der Waals surface area contributed by atoms with E-state index in [-0.39, 0.29) is 23.9 Å². The van der Waals surface area contributed by atoms with Gasteiger partial charge < -0.3 is 10.0 Å². The molecule has 0 heterocycles. The molecule has 2 aromatic rings. The number of hydrogen-bond acceptors (Lipinski definition) is 2. The van der Waals surface area contributed by atoms with Crippen molar-refractivity contribution in [1.82, 2.24) is 0 Å². The van der Waals surface area contributed by atoms with Gasteiger partial charge in [0.25, 0.3) is 0 Å². The molecule has 0 saturated heterocycles. The number of carbonyl (C=O) groups is 1. The molecule has 0 fully saturated rings. The van der Waals surface area contributed by atoms with E-state index in [1.807, 2.05) is 0 Å². The number of likely N-dealkylation sites (N-methyl/N-ethyl adjacent to an activating group) is 1. The first-order valence-electron chi connectivity index (χ1n) is 5.86. The second-order valence-electron chi connectivity index (χ2n) is 4.28. The van der Waals surface area contributed by atoms with Gasteiger partial charge in [-0.2, -0.15) is 0 Å². The number of carbonyl (C=O) groups excluding carboxylic acids is 1. The molecule has 0 radical (unpaired) electrons. The smallest absolute Gasteiger partial charge is 0.231 e. The number of aromatic hydroxyl groups is 1. The van der Waals surface area contributed by atoms with Crippen LogP contribution in [0, 0.1) is 5.82 Å². The highest BCUT2D eigenvalue weighted by molar-refractivity contribution is 5.94. The second kappa shape index (κ2) is 5.52. The van der Waals surface area contributed by atoms with Crippen LogP contribution in [0.2, 0.25) is 0 Å². The van der Waals surface area contributed by atoms with Crippen molar-refractivity contribution in [3.05, 3.63) is 59.9 Å². The normalized spacial score (nSPS) is 10.2. The Morgan fingerprint density at radius 1 is 1.21 bits per heavy atom. The summed E-state index contributed by atoms with van der Waals surface area (Å²) in [5.74, 6) is -0.344. The van der Waals surface area contributed by atoms with Gasteiger partial charge in [-0.05, 0) is 42.0 Å². The SMILES string of the molecule is CN(C(=O)Cc1cccc(F)c1)c1ccc(O)cc1. The Morgan fingerprint density at radius 3 is 2.53 bits per heavy atom. The lowest BCUT2D eigenvalue weighted by atomic mass is 10.1. The summed E-state index contributed by atoms with van der Waals surface area (Å²) < 4.78 is 13.0. The highest BCUT2D eigenvalue weighted by Gasteiger charge is 2.11. The third kappa shape index (κ3) is 3.31. The Bertz CT molecular complexity index is 581. The second-order valence-corrected chi connectivity index (χ2v) is 4.28. The number of anilines is 1.